The molecule has 7 atom stereocenters. The Labute approximate surface area is 402 Å². The van der Waals surface area contributed by atoms with Crippen LogP contribution < -0.4 is 36.8 Å². The molecule has 0 radical (unpaired) electrons. The van der Waals surface area contributed by atoms with Crippen LogP contribution in [0.15, 0.2) is 142 Å². The number of carbonyl (C=O) groups is 2. The van der Waals surface area contributed by atoms with Gasteiger partial charge in [0.2, 0.25) is 0 Å². The zero-order chi connectivity index (χ0) is 49.6. The first-order chi connectivity index (χ1) is 33.7. The van der Waals surface area contributed by atoms with Gasteiger partial charge in [-0.15, -0.1) is 0 Å². The van der Waals surface area contributed by atoms with E-state index in [4.69, 9.17) is 32.9 Å². The zero-order valence-corrected chi connectivity index (χ0v) is 39.9. The lowest BCUT2D eigenvalue weighted by atomic mass is 9.80. The predicted molar refractivity (Wildman–Crippen MR) is 256 cm³/mol. The molecule has 1 amide bonds. The Bertz CT molecular complexity index is 2970. The largest absolute Gasteiger partial charge is 0.497 e. The fraction of sp³-hybridized carbons (Fsp3) is 0.320. The molecule has 2 aliphatic heterocycles. The summed E-state index contributed by atoms with van der Waals surface area (Å²) in [5, 5.41) is 5.81. The minimum Gasteiger partial charge on any atom is -0.497 e. The normalized spacial score (nSPS) is 20.9. The van der Waals surface area contributed by atoms with Crippen molar-refractivity contribution < 1.29 is 47.1 Å². The molecule has 20 heteroatoms. The van der Waals surface area contributed by atoms with Crippen LogP contribution in [0.2, 0.25) is 0 Å². The number of methoxy groups -OCH3 is 2. The maximum Gasteiger partial charge on any atom is 0.351 e. The lowest BCUT2D eigenvalue weighted by Gasteiger charge is -2.37. The van der Waals surface area contributed by atoms with Gasteiger partial charge in [0.15, 0.2) is 0 Å². The molecule has 8 rings (SSSR count). The van der Waals surface area contributed by atoms with E-state index < -0.39 is 78.7 Å². The lowest BCUT2D eigenvalue weighted by molar-refractivity contribution is -0.150. The molecular weight excluding hydrogens is 924 g/mol. The Morgan fingerprint density at radius 3 is 1.97 bits per heavy atom. The molecule has 4 aromatic carbocycles. The molecule has 2 fully saturated rings. The SMILES string of the molecule is COc1ccc(C(OC[C@H]2O[C@@H](n3ccc(NC(=O)c4ccccc4)nc3=O)C[C@@H]2NP(C)(=O)OC[C@H]2O[C@@H](n3cc(C)c(=O)[nH]c3=O)C[C@@H]2OC(C)=O)(c2ccccc2)c2ccc(OC)cc2)cc1. The monoisotopic (exact) mass is 976 g/mol. The number of hydrogen-bond donors (Lipinski definition) is 3. The number of esters is 1. The summed E-state index contributed by atoms with van der Waals surface area (Å²) in [4.78, 5) is 70.1. The number of anilines is 1. The van der Waals surface area contributed by atoms with Crippen molar-refractivity contribution in [3.8, 4) is 11.5 Å². The number of rotatable bonds is 18. The zero-order valence-electron chi connectivity index (χ0n) is 39.0. The third kappa shape index (κ3) is 11.0. The molecule has 2 aliphatic rings. The van der Waals surface area contributed by atoms with Crippen LogP contribution in [0.3, 0.4) is 0 Å². The smallest absolute Gasteiger partial charge is 0.351 e. The molecule has 0 saturated carbocycles. The number of nitrogens with one attached hydrogen (secondary N) is 3. The summed E-state index contributed by atoms with van der Waals surface area (Å²) in [6.07, 6.45) is -1.75. The molecule has 0 spiro atoms. The van der Waals surface area contributed by atoms with Crippen LogP contribution >= 0.6 is 7.52 Å². The highest BCUT2D eigenvalue weighted by molar-refractivity contribution is 7.56. The van der Waals surface area contributed by atoms with E-state index in [0.717, 1.165) is 16.7 Å². The van der Waals surface area contributed by atoms with Gasteiger partial charge in [0, 0.05) is 56.0 Å². The fourth-order valence-corrected chi connectivity index (χ4v) is 10.0. The second kappa shape index (κ2) is 21.3. The van der Waals surface area contributed by atoms with Gasteiger partial charge in [-0.3, -0.25) is 33.1 Å². The molecule has 3 N–H and O–H groups in total. The number of aromatic nitrogens is 4. The van der Waals surface area contributed by atoms with Gasteiger partial charge < -0.3 is 38.3 Å². The summed E-state index contributed by atoms with van der Waals surface area (Å²) in [6, 6.07) is 33.8. The Morgan fingerprint density at radius 2 is 1.37 bits per heavy atom. The third-order valence-corrected chi connectivity index (χ3v) is 13.6. The van der Waals surface area contributed by atoms with Crippen molar-refractivity contribution in [2.45, 2.75) is 69.1 Å². The number of aromatic amines is 1. The first kappa shape index (κ1) is 49.4. The third-order valence-electron chi connectivity index (χ3n) is 12.1. The Morgan fingerprint density at radius 1 is 0.786 bits per heavy atom. The number of amides is 1. The number of aryl methyl sites for hydroxylation is 1. The molecule has 6 aromatic rings. The van der Waals surface area contributed by atoms with Crippen molar-refractivity contribution in [1.82, 2.24) is 24.2 Å². The quantitative estimate of drug-likeness (QED) is 0.0534. The molecule has 2 aromatic heterocycles. The van der Waals surface area contributed by atoms with E-state index in [-0.39, 0.29) is 37.4 Å². The van der Waals surface area contributed by atoms with Gasteiger partial charge in [-0.25, -0.2) is 14.7 Å². The predicted octanol–water partition coefficient (Wildman–Crippen LogP) is 5.68. The van der Waals surface area contributed by atoms with Gasteiger partial charge in [0.1, 0.15) is 47.6 Å². The molecule has 19 nitrogen and oxygen atoms in total. The van der Waals surface area contributed by atoms with E-state index in [2.05, 4.69) is 20.4 Å². The topological polar surface area (TPSA) is 230 Å². The van der Waals surface area contributed by atoms with E-state index in [1.807, 2.05) is 78.9 Å². The Balaban J connectivity index is 1.10. The minimum absolute atomic E-state index is 0.0322. The first-order valence-electron chi connectivity index (χ1n) is 22.4. The molecule has 2 saturated heterocycles. The number of hydrogen-bond acceptors (Lipinski definition) is 14. The number of H-pyrrole nitrogens is 1. The second-order valence-corrected chi connectivity index (χ2v) is 19.1. The van der Waals surface area contributed by atoms with E-state index in [1.165, 1.54) is 48.1 Å². The minimum atomic E-state index is -3.85. The molecule has 4 heterocycles. The van der Waals surface area contributed by atoms with E-state index in [1.54, 1.807) is 44.6 Å². The molecular formula is C50H53N6O13P. The molecule has 1 unspecified atom stereocenters. The standard InChI is InChI=1S/C50H53N6O13P/c1-31-28-56(49(61)53-46(31)58)45-27-40(67-32(2)57)42(69-45)30-66-70(5,62)54-39-26-44(55-25-24-43(52-48(55)60)51-47(59)33-12-8-6-9-13-33)68-41(39)29-65-50(34-14-10-7-11-15-34,35-16-20-37(63-3)21-17-35)36-18-22-38(64-4)23-19-36/h6-25,28,39-42,44-45H,26-27,29-30H2,1-5H3,(H,54,62)(H,53,58,61)(H,51,52,59,60)/t39-,40-,41+,42+,44+,45+,70?/m0/s1. The highest BCUT2D eigenvalue weighted by atomic mass is 31.2. The first-order valence-corrected chi connectivity index (χ1v) is 24.5. The van der Waals surface area contributed by atoms with Crippen LogP contribution in [0.1, 0.15) is 64.8 Å². The average Bonchev–Trinajstić information content (AvgIpc) is 3.95. The van der Waals surface area contributed by atoms with Gasteiger partial charge in [-0.05, 0) is 66.1 Å². The average molecular weight is 977 g/mol. The summed E-state index contributed by atoms with van der Waals surface area (Å²) in [5.74, 6) is 0.244. The summed E-state index contributed by atoms with van der Waals surface area (Å²) in [6.45, 7) is 3.68. The maximum absolute atomic E-state index is 14.6. The van der Waals surface area contributed by atoms with Gasteiger partial charge in [-0.1, -0.05) is 72.8 Å². The Kier molecular flexibility index (Phi) is 15.1. The van der Waals surface area contributed by atoms with E-state index in [0.29, 0.717) is 17.1 Å². The highest BCUT2D eigenvalue weighted by Gasteiger charge is 2.45. The fourth-order valence-electron chi connectivity index (χ4n) is 8.67. The Hall–Kier alpha value is -6.99. The van der Waals surface area contributed by atoms with Crippen molar-refractivity contribution in [1.29, 1.82) is 0 Å². The number of nitrogens with zero attached hydrogens (tertiary/aromatic N) is 3. The summed E-state index contributed by atoms with van der Waals surface area (Å²) in [7, 11) is -0.682. The number of ether oxygens (including phenoxy) is 6. The lowest BCUT2D eigenvalue weighted by Crippen LogP contribution is -2.42. The highest BCUT2D eigenvalue weighted by Crippen LogP contribution is 2.46. The van der Waals surface area contributed by atoms with Crippen LogP contribution in [0.4, 0.5) is 5.82 Å². The molecule has 0 bridgehead atoms. The van der Waals surface area contributed by atoms with Gasteiger partial charge >= 0.3 is 17.3 Å². The van der Waals surface area contributed by atoms with Crippen molar-refractivity contribution in [3.05, 3.63) is 187 Å². The van der Waals surface area contributed by atoms with Crippen molar-refractivity contribution in [3.63, 3.8) is 0 Å². The van der Waals surface area contributed by atoms with E-state index >= 15 is 0 Å². The summed E-state index contributed by atoms with van der Waals surface area (Å²) < 4.78 is 59.8. The maximum atomic E-state index is 14.6. The second-order valence-electron chi connectivity index (χ2n) is 16.9. The molecule has 366 valence electrons. The van der Waals surface area contributed by atoms with Crippen molar-refractivity contribution in [2.75, 3.05) is 39.4 Å². The molecule has 0 aliphatic carbocycles. The number of carbonyl (C=O) groups excluding carboxylic acids is 2. The van der Waals surface area contributed by atoms with Crippen LogP contribution in [-0.4, -0.2) is 89.4 Å². The van der Waals surface area contributed by atoms with Crippen LogP contribution in [-0.2, 0) is 38.4 Å². The van der Waals surface area contributed by atoms with Gasteiger partial charge in [0.05, 0.1) is 33.5 Å². The molecule has 70 heavy (non-hydrogen) atoms. The van der Waals surface area contributed by atoms with Gasteiger partial charge in [0.25, 0.3) is 19.0 Å². The van der Waals surface area contributed by atoms with Crippen LogP contribution in [0.25, 0.3) is 0 Å². The van der Waals surface area contributed by atoms with Crippen LogP contribution in [0, 0.1) is 6.92 Å². The summed E-state index contributed by atoms with van der Waals surface area (Å²) >= 11 is 0. The summed E-state index contributed by atoms with van der Waals surface area (Å²) in [5.41, 5.74) is -0.336. The van der Waals surface area contributed by atoms with Crippen molar-refractivity contribution in [2.24, 2.45) is 0 Å². The van der Waals surface area contributed by atoms with E-state index in [9.17, 15) is 28.5 Å². The number of benzene rings is 4. The van der Waals surface area contributed by atoms with Gasteiger partial charge in [-0.2, -0.15) is 4.98 Å². The van der Waals surface area contributed by atoms with Crippen LogP contribution in [0.5, 0.6) is 11.5 Å². The van der Waals surface area contributed by atoms with Crippen molar-refractivity contribution >= 4 is 25.2 Å².